The summed E-state index contributed by atoms with van der Waals surface area (Å²) in [6.45, 7) is 0. The molecule has 0 heterocycles. The zero-order chi connectivity index (χ0) is 8.97. The van der Waals surface area contributed by atoms with Crippen LogP contribution in [0.3, 0.4) is 0 Å². The lowest BCUT2D eigenvalue weighted by Gasteiger charge is -2.14. The molecular formula is C9H12O3. The topological polar surface area (TPSA) is 43.4 Å². The van der Waals surface area contributed by atoms with E-state index in [1.165, 1.54) is 7.11 Å². The fraction of sp³-hybridized carbons (Fsp3) is 0.556. The smallest absolute Gasteiger partial charge is 0.306 e. The van der Waals surface area contributed by atoms with Crippen LogP contribution in [0.5, 0.6) is 0 Å². The molecule has 0 radical (unpaired) electrons. The Bertz CT molecular complexity index is 218. The third kappa shape index (κ3) is 2.19. The number of hydrogen-bond donors (Lipinski definition) is 0. The average Bonchev–Trinajstić information content (AvgIpc) is 2.09. The first-order valence-corrected chi connectivity index (χ1v) is 4.01. The van der Waals surface area contributed by atoms with Gasteiger partial charge in [-0.3, -0.25) is 9.59 Å². The van der Waals surface area contributed by atoms with Gasteiger partial charge in [0.15, 0.2) is 5.78 Å². The molecule has 1 unspecified atom stereocenters. The van der Waals surface area contributed by atoms with Gasteiger partial charge in [0.05, 0.1) is 13.5 Å². The van der Waals surface area contributed by atoms with Gasteiger partial charge in [-0.25, -0.2) is 0 Å². The van der Waals surface area contributed by atoms with E-state index in [-0.39, 0.29) is 24.1 Å². The summed E-state index contributed by atoms with van der Waals surface area (Å²) in [5, 5.41) is 0. The highest BCUT2D eigenvalue weighted by molar-refractivity contribution is 5.94. The predicted octanol–water partition coefficient (Wildman–Crippen LogP) is 1.08. The highest BCUT2D eigenvalue weighted by atomic mass is 16.5. The predicted molar refractivity (Wildman–Crippen MR) is 43.5 cm³/mol. The van der Waals surface area contributed by atoms with E-state index in [1.54, 1.807) is 6.08 Å². The second-order valence-electron chi connectivity index (χ2n) is 2.86. The van der Waals surface area contributed by atoms with Crippen LogP contribution < -0.4 is 0 Å². The van der Waals surface area contributed by atoms with Gasteiger partial charge in [-0.1, -0.05) is 6.08 Å². The Labute approximate surface area is 71.4 Å². The fourth-order valence-corrected chi connectivity index (χ4v) is 1.26. The highest BCUT2D eigenvalue weighted by Gasteiger charge is 2.21. The maximum Gasteiger partial charge on any atom is 0.306 e. The van der Waals surface area contributed by atoms with Crippen LogP contribution in [0.15, 0.2) is 12.2 Å². The molecule has 0 aromatic rings. The number of rotatable bonds is 2. The first-order chi connectivity index (χ1) is 5.74. The summed E-state index contributed by atoms with van der Waals surface area (Å²) < 4.78 is 4.49. The monoisotopic (exact) mass is 168 g/mol. The van der Waals surface area contributed by atoms with Crippen molar-refractivity contribution in [3.05, 3.63) is 12.2 Å². The summed E-state index contributed by atoms with van der Waals surface area (Å²) in [5.41, 5.74) is 0. The molecule has 1 aliphatic rings. The lowest BCUT2D eigenvalue weighted by atomic mass is 9.90. The molecule has 0 amide bonds. The lowest BCUT2D eigenvalue weighted by Crippen LogP contribution is -2.19. The third-order valence-electron chi connectivity index (χ3n) is 2.01. The van der Waals surface area contributed by atoms with E-state index in [2.05, 4.69) is 4.74 Å². The Balaban J connectivity index is 2.47. The zero-order valence-corrected chi connectivity index (χ0v) is 7.08. The largest absolute Gasteiger partial charge is 0.469 e. The molecule has 0 fully saturated rings. The van der Waals surface area contributed by atoms with Gasteiger partial charge >= 0.3 is 5.97 Å². The van der Waals surface area contributed by atoms with Gasteiger partial charge in [-0.15, -0.1) is 0 Å². The minimum atomic E-state index is -0.302. The van der Waals surface area contributed by atoms with Gasteiger partial charge in [-0.2, -0.15) is 0 Å². The van der Waals surface area contributed by atoms with Crippen LogP contribution in [-0.2, 0) is 14.3 Å². The van der Waals surface area contributed by atoms with E-state index >= 15 is 0 Å². The van der Waals surface area contributed by atoms with Gasteiger partial charge in [0.2, 0.25) is 0 Å². The Hall–Kier alpha value is -1.12. The van der Waals surface area contributed by atoms with Gasteiger partial charge in [0.1, 0.15) is 0 Å². The number of allylic oxidation sites excluding steroid dienone is 2. The van der Waals surface area contributed by atoms with E-state index in [0.717, 1.165) is 12.8 Å². The summed E-state index contributed by atoms with van der Waals surface area (Å²) >= 11 is 0. The summed E-state index contributed by atoms with van der Waals surface area (Å²) in [7, 11) is 1.34. The van der Waals surface area contributed by atoms with Gasteiger partial charge in [-0.05, 0) is 18.9 Å². The van der Waals surface area contributed by atoms with Crippen LogP contribution in [0, 0.1) is 5.92 Å². The van der Waals surface area contributed by atoms with Crippen molar-refractivity contribution in [2.45, 2.75) is 19.3 Å². The van der Waals surface area contributed by atoms with Gasteiger partial charge in [0.25, 0.3) is 0 Å². The summed E-state index contributed by atoms with van der Waals surface area (Å²) in [6.07, 6.45) is 5.27. The van der Waals surface area contributed by atoms with E-state index in [9.17, 15) is 9.59 Å². The molecule has 0 aromatic heterocycles. The number of methoxy groups -OCH3 is 1. The van der Waals surface area contributed by atoms with Crippen LogP contribution in [0.4, 0.5) is 0 Å². The molecule has 3 heteroatoms. The van der Waals surface area contributed by atoms with Crippen molar-refractivity contribution in [2.75, 3.05) is 7.11 Å². The normalized spacial score (nSPS) is 22.4. The molecule has 0 spiro atoms. The van der Waals surface area contributed by atoms with Crippen molar-refractivity contribution in [3.8, 4) is 0 Å². The van der Waals surface area contributed by atoms with Crippen molar-refractivity contribution in [1.29, 1.82) is 0 Å². The van der Waals surface area contributed by atoms with Crippen molar-refractivity contribution >= 4 is 11.8 Å². The Kier molecular flexibility index (Phi) is 3.02. The lowest BCUT2D eigenvalue weighted by molar-refractivity contribution is -0.143. The number of carbonyl (C=O) groups excluding carboxylic acids is 2. The van der Waals surface area contributed by atoms with Crippen LogP contribution in [0.1, 0.15) is 19.3 Å². The van der Waals surface area contributed by atoms with Gasteiger partial charge < -0.3 is 4.74 Å². The summed E-state index contributed by atoms with van der Waals surface area (Å²) in [4.78, 5) is 22.0. The molecule has 1 rings (SSSR count). The first kappa shape index (κ1) is 8.97. The maximum atomic E-state index is 11.2. The number of esters is 1. The molecule has 1 aliphatic carbocycles. The maximum absolute atomic E-state index is 11.2. The van der Waals surface area contributed by atoms with E-state index < -0.39 is 0 Å². The number of carbonyl (C=O) groups is 2. The molecule has 0 saturated heterocycles. The molecule has 0 saturated carbocycles. The molecule has 1 atom stereocenters. The quantitative estimate of drug-likeness (QED) is 0.579. The van der Waals surface area contributed by atoms with Crippen molar-refractivity contribution in [3.63, 3.8) is 0 Å². The Morgan fingerprint density at radius 3 is 3.08 bits per heavy atom. The minimum Gasteiger partial charge on any atom is -0.469 e. The fourth-order valence-electron chi connectivity index (χ4n) is 1.26. The number of hydrogen-bond acceptors (Lipinski definition) is 3. The molecule has 0 bridgehead atoms. The standard InChI is InChI=1S/C9H12O3/c1-12-9(11)6-7-4-2-3-5-8(7)10/h3,5,7H,2,4,6H2,1H3. The van der Waals surface area contributed by atoms with E-state index in [1.807, 2.05) is 6.08 Å². The number of ketones is 1. The van der Waals surface area contributed by atoms with Crippen molar-refractivity contribution in [1.82, 2.24) is 0 Å². The minimum absolute atomic E-state index is 0.0478. The van der Waals surface area contributed by atoms with Crippen LogP contribution in [0.25, 0.3) is 0 Å². The Morgan fingerprint density at radius 2 is 2.50 bits per heavy atom. The van der Waals surface area contributed by atoms with E-state index in [4.69, 9.17) is 0 Å². The summed E-state index contributed by atoms with van der Waals surface area (Å²) in [5.74, 6) is -0.405. The highest BCUT2D eigenvalue weighted by Crippen LogP contribution is 2.18. The van der Waals surface area contributed by atoms with E-state index in [0.29, 0.717) is 0 Å². The summed E-state index contributed by atoms with van der Waals surface area (Å²) in [6, 6.07) is 0. The van der Waals surface area contributed by atoms with Crippen LogP contribution >= 0.6 is 0 Å². The van der Waals surface area contributed by atoms with Crippen molar-refractivity contribution < 1.29 is 14.3 Å². The van der Waals surface area contributed by atoms with Crippen LogP contribution in [-0.4, -0.2) is 18.9 Å². The molecular weight excluding hydrogens is 156 g/mol. The molecule has 0 aliphatic heterocycles. The zero-order valence-electron chi connectivity index (χ0n) is 7.08. The Morgan fingerprint density at radius 1 is 1.75 bits per heavy atom. The second kappa shape index (κ2) is 4.04. The van der Waals surface area contributed by atoms with Gasteiger partial charge in [0, 0.05) is 5.92 Å². The van der Waals surface area contributed by atoms with Crippen LogP contribution in [0.2, 0.25) is 0 Å². The SMILES string of the molecule is COC(=O)CC1CCC=CC1=O. The number of ether oxygens (including phenoxy) is 1. The second-order valence-corrected chi connectivity index (χ2v) is 2.86. The molecule has 0 N–H and O–H groups in total. The molecule has 66 valence electrons. The molecule has 0 aromatic carbocycles. The first-order valence-electron chi connectivity index (χ1n) is 4.01. The molecule has 3 nitrogen and oxygen atoms in total. The third-order valence-corrected chi connectivity index (χ3v) is 2.01. The molecule has 12 heavy (non-hydrogen) atoms. The van der Waals surface area contributed by atoms with Crippen molar-refractivity contribution in [2.24, 2.45) is 5.92 Å². The average molecular weight is 168 g/mol.